The summed E-state index contributed by atoms with van der Waals surface area (Å²) in [5.74, 6) is -2.64. The summed E-state index contributed by atoms with van der Waals surface area (Å²) in [6, 6.07) is 6.15. The summed E-state index contributed by atoms with van der Waals surface area (Å²) in [4.78, 5) is 13.0. The quantitative estimate of drug-likeness (QED) is 0.115. The summed E-state index contributed by atoms with van der Waals surface area (Å²) in [5, 5.41) is 102. The Morgan fingerprint density at radius 2 is 1.40 bits per heavy atom. The molecule has 45 heavy (non-hydrogen) atoms. The maximum Gasteiger partial charge on any atom is 0.229 e. The van der Waals surface area contributed by atoms with Crippen LogP contribution >= 0.6 is 0 Å². The molecule has 0 spiro atoms. The fourth-order valence-corrected chi connectivity index (χ4v) is 5.09. The number of hydrogen-bond acceptors (Lipinski definition) is 17. The molecule has 0 bridgehead atoms. The molecule has 2 saturated heterocycles. The first kappa shape index (κ1) is 32.6. The van der Waals surface area contributed by atoms with Gasteiger partial charge in [-0.3, -0.25) is 4.79 Å². The third-order valence-corrected chi connectivity index (χ3v) is 7.60. The van der Waals surface area contributed by atoms with Gasteiger partial charge in [-0.25, -0.2) is 0 Å². The van der Waals surface area contributed by atoms with Crippen LogP contribution in [0.1, 0.15) is 0 Å². The number of aliphatic hydroxyl groups excluding tert-OH is 7. The molecule has 2 aromatic carbocycles. The Kier molecular flexibility index (Phi) is 9.38. The molecule has 17 nitrogen and oxygen atoms in total. The highest BCUT2D eigenvalue weighted by Gasteiger charge is 2.51. The van der Waals surface area contributed by atoms with E-state index in [9.17, 15) is 55.9 Å². The zero-order chi connectivity index (χ0) is 32.7. The second-order valence-corrected chi connectivity index (χ2v) is 10.4. The maximum absolute atomic E-state index is 13.0. The van der Waals surface area contributed by atoms with Crippen molar-refractivity contribution in [3.63, 3.8) is 0 Å². The van der Waals surface area contributed by atoms with E-state index in [1.54, 1.807) is 0 Å². The van der Waals surface area contributed by atoms with Gasteiger partial charge in [0, 0.05) is 17.7 Å². The molecule has 17 heteroatoms. The van der Waals surface area contributed by atoms with Gasteiger partial charge in [0.1, 0.15) is 59.5 Å². The molecule has 1 aromatic heterocycles. The largest absolute Gasteiger partial charge is 0.504 e. The summed E-state index contributed by atoms with van der Waals surface area (Å²) < 4.78 is 33.0. The van der Waals surface area contributed by atoms with Crippen molar-refractivity contribution in [1.82, 2.24) is 0 Å². The van der Waals surface area contributed by atoms with Gasteiger partial charge >= 0.3 is 0 Å². The minimum atomic E-state index is -1.92. The second kappa shape index (κ2) is 12.9. The van der Waals surface area contributed by atoms with E-state index in [-0.39, 0.29) is 22.8 Å². The number of hydrogen-bond donors (Lipinski definition) is 10. The maximum atomic E-state index is 13.0. The molecule has 3 aromatic rings. The number of fused-ring (bicyclic) bond motifs is 1. The lowest BCUT2D eigenvalue weighted by molar-refractivity contribution is -0.358. The lowest BCUT2D eigenvalue weighted by atomic mass is 9.97. The topological polar surface area (TPSA) is 279 Å². The minimum Gasteiger partial charge on any atom is -0.504 e. The molecule has 0 aliphatic carbocycles. The van der Waals surface area contributed by atoms with Crippen molar-refractivity contribution in [3.05, 3.63) is 40.6 Å². The van der Waals surface area contributed by atoms with E-state index in [2.05, 4.69) is 0 Å². The Balaban J connectivity index is 1.52. The van der Waals surface area contributed by atoms with Crippen LogP contribution in [0.4, 0.5) is 0 Å². The molecule has 246 valence electrons. The molecule has 5 rings (SSSR count). The van der Waals surface area contributed by atoms with Crippen LogP contribution in [0.3, 0.4) is 0 Å². The standard InChI is InChI=1S/C28H32O17/c1-40-13-4-9(2-3-10(13)31)12-5-11(32)18-14(41-12)6-15(19(33)22(18)36)42-28-26(24(38)21(35)17(8-30)44-28)45-27-25(39)23(37)20(34)16(7-29)43-27/h2-6,16-17,20-21,23-31,33-39H,7-8H2,1H3/t16-,17-,20-,21-,23+,24+,25-,26-,27+,28-/m1/s1. The van der Waals surface area contributed by atoms with Crippen molar-refractivity contribution in [2.75, 3.05) is 20.3 Å². The summed E-state index contributed by atoms with van der Waals surface area (Å²) in [6.45, 7) is -1.62. The Morgan fingerprint density at radius 1 is 0.756 bits per heavy atom. The molecule has 2 aliphatic heterocycles. The zero-order valence-electron chi connectivity index (χ0n) is 23.4. The molecule has 2 fully saturated rings. The average molecular weight is 641 g/mol. The summed E-state index contributed by atoms with van der Waals surface area (Å²) in [6.07, 6.45) is -17.5. The first-order valence-corrected chi connectivity index (χ1v) is 13.5. The molecule has 10 N–H and O–H groups in total. The Hall–Kier alpha value is -3.75. The van der Waals surface area contributed by atoms with E-state index in [4.69, 9.17) is 28.1 Å². The zero-order valence-corrected chi connectivity index (χ0v) is 23.4. The molecular weight excluding hydrogens is 608 g/mol. The minimum absolute atomic E-state index is 0.0292. The van der Waals surface area contributed by atoms with E-state index < -0.39 is 103 Å². The van der Waals surface area contributed by atoms with Gasteiger partial charge in [-0.05, 0) is 18.2 Å². The number of aliphatic hydroxyl groups is 7. The summed E-state index contributed by atoms with van der Waals surface area (Å²) >= 11 is 0. The van der Waals surface area contributed by atoms with Crippen LogP contribution in [0.25, 0.3) is 22.3 Å². The number of phenols is 3. The van der Waals surface area contributed by atoms with Crippen LogP contribution in [0.15, 0.2) is 39.5 Å². The molecule has 0 amide bonds. The highest BCUT2D eigenvalue weighted by Crippen LogP contribution is 2.43. The third-order valence-electron chi connectivity index (χ3n) is 7.60. The van der Waals surface area contributed by atoms with Crippen LogP contribution < -0.4 is 14.9 Å². The van der Waals surface area contributed by atoms with Crippen molar-refractivity contribution >= 4 is 11.0 Å². The highest BCUT2D eigenvalue weighted by atomic mass is 16.8. The molecule has 10 atom stereocenters. The van der Waals surface area contributed by atoms with Gasteiger partial charge in [0.25, 0.3) is 0 Å². The van der Waals surface area contributed by atoms with E-state index >= 15 is 0 Å². The van der Waals surface area contributed by atoms with E-state index in [1.807, 2.05) is 0 Å². The number of rotatable bonds is 8. The van der Waals surface area contributed by atoms with E-state index in [0.717, 1.165) is 12.1 Å². The Bertz CT molecular complexity index is 1570. The third kappa shape index (κ3) is 5.98. The second-order valence-electron chi connectivity index (χ2n) is 10.4. The molecule has 3 heterocycles. The molecular formula is C28H32O17. The Morgan fingerprint density at radius 3 is 2.04 bits per heavy atom. The van der Waals surface area contributed by atoms with Gasteiger partial charge in [0.05, 0.1) is 20.3 Å². The van der Waals surface area contributed by atoms with E-state index in [0.29, 0.717) is 5.56 Å². The van der Waals surface area contributed by atoms with Crippen LogP contribution in [-0.2, 0) is 14.2 Å². The fraction of sp³-hybridized carbons (Fsp3) is 0.464. The number of phenolic OH excluding ortho intramolecular Hbond substituents is 3. The number of ether oxygens (including phenoxy) is 5. The predicted octanol–water partition coefficient (Wildman–Crippen LogP) is -2.41. The fourth-order valence-electron chi connectivity index (χ4n) is 5.09. The van der Waals surface area contributed by atoms with Crippen molar-refractivity contribution in [1.29, 1.82) is 0 Å². The van der Waals surface area contributed by atoms with Crippen molar-refractivity contribution in [2.45, 2.75) is 61.4 Å². The monoisotopic (exact) mass is 640 g/mol. The van der Waals surface area contributed by atoms with Gasteiger partial charge in [-0.1, -0.05) is 0 Å². The van der Waals surface area contributed by atoms with Crippen LogP contribution in [0.5, 0.6) is 28.7 Å². The lowest BCUT2D eigenvalue weighted by Crippen LogP contribution is -2.65. The molecule has 0 radical (unpaired) electrons. The van der Waals surface area contributed by atoms with Crippen LogP contribution in [0.2, 0.25) is 0 Å². The van der Waals surface area contributed by atoms with Gasteiger partial charge < -0.3 is 79.2 Å². The van der Waals surface area contributed by atoms with Gasteiger partial charge in [-0.15, -0.1) is 0 Å². The molecule has 2 aliphatic rings. The number of aromatic hydroxyl groups is 3. The summed E-state index contributed by atoms with van der Waals surface area (Å²) in [5.41, 5.74) is -0.768. The first-order chi connectivity index (χ1) is 21.4. The van der Waals surface area contributed by atoms with Crippen LogP contribution in [-0.4, -0.2) is 133 Å². The molecule has 0 saturated carbocycles. The smallest absolute Gasteiger partial charge is 0.229 e. The van der Waals surface area contributed by atoms with Crippen molar-refractivity contribution < 1.29 is 79.2 Å². The van der Waals surface area contributed by atoms with Crippen LogP contribution in [0, 0.1) is 0 Å². The normalized spacial score (nSPS) is 32.0. The highest BCUT2D eigenvalue weighted by molar-refractivity contribution is 5.89. The number of benzene rings is 2. The predicted molar refractivity (Wildman–Crippen MR) is 146 cm³/mol. The van der Waals surface area contributed by atoms with Crippen molar-refractivity contribution in [3.8, 4) is 40.1 Å². The average Bonchev–Trinajstić information content (AvgIpc) is 3.02. The van der Waals surface area contributed by atoms with Gasteiger partial charge in [0.2, 0.25) is 12.0 Å². The van der Waals surface area contributed by atoms with Crippen molar-refractivity contribution in [2.24, 2.45) is 0 Å². The lowest BCUT2D eigenvalue weighted by Gasteiger charge is -2.45. The van der Waals surface area contributed by atoms with Gasteiger partial charge in [-0.2, -0.15) is 0 Å². The number of methoxy groups -OCH3 is 1. The van der Waals surface area contributed by atoms with Gasteiger partial charge in [0.15, 0.2) is 40.8 Å². The Labute approximate surface area is 252 Å². The molecule has 0 unspecified atom stereocenters. The van der Waals surface area contributed by atoms with E-state index in [1.165, 1.54) is 25.3 Å². The first-order valence-electron chi connectivity index (χ1n) is 13.5. The SMILES string of the molecule is COc1cc(-c2cc(=O)c3c(O)c(O)c(O[C@@H]4O[C@H](CO)[C@@H](O)[C@H](O)[C@H]4O[C@@H]4O[C@H](CO)[C@@H](O)[C@H](O)[C@H]4O)cc3o2)ccc1O. The summed E-state index contributed by atoms with van der Waals surface area (Å²) in [7, 11) is 1.32.